The standard InChI is InChI=1S/C13H22O2/c1-4-6-8-12-13(9-7-10-14-12)15-11(3)5-2/h4,12-13H,1,3,5-10H2,2H3/t12-,13+/m0/s1. The number of allylic oxidation sites excluding steroid dienone is 2. The second-order valence-corrected chi connectivity index (χ2v) is 3.97. The van der Waals surface area contributed by atoms with Crippen LogP contribution >= 0.6 is 0 Å². The minimum Gasteiger partial charge on any atom is -0.493 e. The lowest BCUT2D eigenvalue weighted by atomic mass is 10.0. The lowest BCUT2D eigenvalue weighted by Gasteiger charge is -2.32. The van der Waals surface area contributed by atoms with E-state index in [-0.39, 0.29) is 12.2 Å². The highest BCUT2D eigenvalue weighted by Gasteiger charge is 2.26. The Morgan fingerprint density at radius 2 is 2.40 bits per heavy atom. The second-order valence-electron chi connectivity index (χ2n) is 3.97. The SMILES string of the molecule is C=CCC[C@@H]1OCCC[C@H]1OC(=C)CC. The zero-order valence-corrected chi connectivity index (χ0v) is 9.71. The molecule has 15 heavy (non-hydrogen) atoms. The minimum atomic E-state index is 0.200. The van der Waals surface area contributed by atoms with Crippen LogP contribution in [0.25, 0.3) is 0 Å². The van der Waals surface area contributed by atoms with Crippen molar-refractivity contribution in [3.8, 4) is 0 Å². The molecule has 0 unspecified atom stereocenters. The average Bonchev–Trinajstić information content (AvgIpc) is 2.28. The van der Waals surface area contributed by atoms with Gasteiger partial charge in [0.25, 0.3) is 0 Å². The van der Waals surface area contributed by atoms with Gasteiger partial charge in [0.15, 0.2) is 0 Å². The van der Waals surface area contributed by atoms with E-state index in [9.17, 15) is 0 Å². The van der Waals surface area contributed by atoms with E-state index in [0.29, 0.717) is 0 Å². The van der Waals surface area contributed by atoms with Crippen molar-refractivity contribution in [2.45, 2.75) is 51.2 Å². The third-order valence-corrected chi connectivity index (χ3v) is 2.75. The Bertz CT molecular complexity index is 211. The first-order chi connectivity index (χ1) is 7.27. The molecule has 0 aromatic rings. The predicted octanol–water partition coefficient (Wildman–Crippen LogP) is 3.44. The molecule has 1 saturated heterocycles. The summed E-state index contributed by atoms with van der Waals surface area (Å²) in [7, 11) is 0. The van der Waals surface area contributed by atoms with Gasteiger partial charge in [0.2, 0.25) is 0 Å². The van der Waals surface area contributed by atoms with Gasteiger partial charge in [-0.2, -0.15) is 0 Å². The Morgan fingerprint density at radius 1 is 1.60 bits per heavy atom. The predicted molar refractivity (Wildman–Crippen MR) is 62.7 cm³/mol. The lowest BCUT2D eigenvalue weighted by molar-refractivity contribution is -0.0889. The molecular weight excluding hydrogens is 188 g/mol. The van der Waals surface area contributed by atoms with E-state index >= 15 is 0 Å². The molecule has 1 heterocycles. The smallest absolute Gasteiger partial charge is 0.124 e. The Labute approximate surface area is 93.0 Å². The highest BCUT2D eigenvalue weighted by Crippen LogP contribution is 2.23. The molecule has 0 spiro atoms. The summed E-state index contributed by atoms with van der Waals surface area (Å²) in [6, 6.07) is 0. The summed E-state index contributed by atoms with van der Waals surface area (Å²) in [6.07, 6.45) is 7.40. The molecular formula is C13H22O2. The van der Waals surface area contributed by atoms with Crippen LogP contribution in [0.3, 0.4) is 0 Å². The van der Waals surface area contributed by atoms with Crippen LogP contribution in [0.5, 0.6) is 0 Å². The van der Waals surface area contributed by atoms with Gasteiger partial charge in [-0.1, -0.05) is 19.6 Å². The fourth-order valence-electron chi connectivity index (χ4n) is 1.80. The van der Waals surface area contributed by atoms with Crippen molar-refractivity contribution >= 4 is 0 Å². The van der Waals surface area contributed by atoms with Gasteiger partial charge >= 0.3 is 0 Å². The average molecular weight is 210 g/mol. The maximum atomic E-state index is 5.80. The first kappa shape index (κ1) is 12.3. The Hall–Kier alpha value is -0.760. The molecule has 1 aliphatic rings. The molecule has 0 N–H and O–H groups in total. The first-order valence-corrected chi connectivity index (χ1v) is 5.84. The molecule has 0 saturated carbocycles. The number of rotatable bonds is 6. The van der Waals surface area contributed by atoms with Gasteiger partial charge in [0.1, 0.15) is 6.10 Å². The topological polar surface area (TPSA) is 18.5 Å². The van der Waals surface area contributed by atoms with Gasteiger partial charge < -0.3 is 9.47 Å². The van der Waals surface area contributed by atoms with E-state index in [0.717, 1.165) is 44.5 Å². The summed E-state index contributed by atoms with van der Waals surface area (Å²) in [4.78, 5) is 0. The van der Waals surface area contributed by atoms with E-state index in [1.165, 1.54) is 0 Å². The normalized spacial score (nSPS) is 25.9. The molecule has 1 fully saturated rings. The number of hydrogen-bond donors (Lipinski definition) is 0. The van der Waals surface area contributed by atoms with Crippen LogP contribution in [0.4, 0.5) is 0 Å². The second kappa shape index (κ2) is 6.67. The number of hydrogen-bond acceptors (Lipinski definition) is 2. The molecule has 86 valence electrons. The van der Waals surface area contributed by atoms with Gasteiger partial charge in [0.05, 0.1) is 11.9 Å². The van der Waals surface area contributed by atoms with E-state index in [2.05, 4.69) is 20.1 Å². The summed E-state index contributed by atoms with van der Waals surface area (Å²) in [5.41, 5.74) is 0. The molecule has 0 aromatic heterocycles. The van der Waals surface area contributed by atoms with Crippen LogP contribution in [0.2, 0.25) is 0 Å². The summed E-state index contributed by atoms with van der Waals surface area (Å²) >= 11 is 0. The number of ether oxygens (including phenoxy) is 2. The molecule has 0 aliphatic carbocycles. The summed E-state index contributed by atoms with van der Waals surface area (Å²) in [5.74, 6) is 0.870. The van der Waals surface area contributed by atoms with Gasteiger partial charge in [-0.3, -0.25) is 0 Å². The molecule has 1 aliphatic heterocycles. The van der Waals surface area contributed by atoms with Crippen LogP contribution in [0.15, 0.2) is 25.0 Å². The summed E-state index contributed by atoms with van der Waals surface area (Å²) in [5, 5.41) is 0. The van der Waals surface area contributed by atoms with Crippen LogP contribution in [-0.2, 0) is 9.47 Å². The summed E-state index contributed by atoms with van der Waals surface area (Å²) < 4.78 is 11.5. The third kappa shape index (κ3) is 4.08. The van der Waals surface area contributed by atoms with E-state index in [1.54, 1.807) is 0 Å². The maximum Gasteiger partial charge on any atom is 0.124 e. The summed E-state index contributed by atoms with van der Waals surface area (Å²) in [6.45, 7) is 10.5. The Balaban J connectivity index is 2.41. The van der Waals surface area contributed by atoms with E-state index in [4.69, 9.17) is 9.47 Å². The van der Waals surface area contributed by atoms with Crippen molar-refractivity contribution in [3.05, 3.63) is 25.0 Å². The van der Waals surface area contributed by atoms with Crippen molar-refractivity contribution in [2.75, 3.05) is 6.61 Å². The fourth-order valence-corrected chi connectivity index (χ4v) is 1.80. The third-order valence-electron chi connectivity index (χ3n) is 2.75. The monoisotopic (exact) mass is 210 g/mol. The lowest BCUT2D eigenvalue weighted by Crippen LogP contribution is -2.35. The van der Waals surface area contributed by atoms with Gasteiger partial charge in [-0.25, -0.2) is 0 Å². The van der Waals surface area contributed by atoms with E-state index < -0.39 is 0 Å². The molecule has 1 rings (SSSR count). The quantitative estimate of drug-likeness (QED) is 0.494. The van der Waals surface area contributed by atoms with Gasteiger partial charge in [-0.05, 0) is 25.7 Å². The van der Waals surface area contributed by atoms with Crippen molar-refractivity contribution in [3.63, 3.8) is 0 Å². The molecule has 2 nitrogen and oxygen atoms in total. The zero-order chi connectivity index (χ0) is 11.1. The van der Waals surface area contributed by atoms with Crippen molar-refractivity contribution in [1.29, 1.82) is 0 Å². The Kier molecular flexibility index (Phi) is 5.48. The van der Waals surface area contributed by atoms with Crippen molar-refractivity contribution in [2.24, 2.45) is 0 Å². The highest BCUT2D eigenvalue weighted by atomic mass is 16.5. The van der Waals surface area contributed by atoms with Gasteiger partial charge in [0, 0.05) is 13.0 Å². The van der Waals surface area contributed by atoms with Gasteiger partial charge in [-0.15, -0.1) is 6.58 Å². The van der Waals surface area contributed by atoms with E-state index in [1.807, 2.05) is 6.08 Å². The molecule has 2 heteroatoms. The van der Waals surface area contributed by atoms with Crippen LogP contribution in [0, 0.1) is 0 Å². The molecule has 0 bridgehead atoms. The van der Waals surface area contributed by atoms with Crippen LogP contribution in [-0.4, -0.2) is 18.8 Å². The molecule has 2 atom stereocenters. The largest absolute Gasteiger partial charge is 0.493 e. The van der Waals surface area contributed by atoms with Crippen LogP contribution in [0.1, 0.15) is 39.0 Å². The minimum absolute atomic E-state index is 0.200. The zero-order valence-electron chi connectivity index (χ0n) is 9.71. The molecule has 0 aromatic carbocycles. The van der Waals surface area contributed by atoms with Crippen molar-refractivity contribution in [1.82, 2.24) is 0 Å². The molecule has 0 radical (unpaired) electrons. The van der Waals surface area contributed by atoms with Crippen LogP contribution < -0.4 is 0 Å². The fraction of sp³-hybridized carbons (Fsp3) is 0.692. The highest BCUT2D eigenvalue weighted by molar-refractivity contribution is 4.86. The Morgan fingerprint density at radius 3 is 3.07 bits per heavy atom. The van der Waals surface area contributed by atoms with Crippen molar-refractivity contribution < 1.29 is 9.47 Å². The maximum absolute atomic E-state index is 5.80. The first-order valence-electron chi connectivity index (χ1n) is 5.84. The molecule has 0 amide bonds.